The highest BCUT2D eigenvalue weighted by molar-refractivity contribution is 5.74. The van der Waals surface area contributed by atoms with Crippen molar-refractivity contribution in [3.63, 3.8) is 0 Å². The molecule has 2 rings (SSSR count). The van der Waals surface area contributed by atoms with E-state index in [4.69, 9.17) is 5.73 Å². The van der Waals surface area contributed by atoms with Gasteiger partial charge in [0.05, 0.1) is 5.56 Å². The molecule has 2 aromatic rings. The van der Waals surface area contributed by atoms with Gasteiger partial charge in [0.15, 0.2) is 0 Å². The molecule has 0 amide bonds. The van der Waals surface area contributed by atoms with E-state index in [0.717, 1.165) is 17.7 Å². The van der Waals surface area contributed by atoms with Crippen molar-refractivity contribution >= 4 is 5.82 Å². The second-order valence-electron chi connectivity index (χ2n) is 4.14. The summed E-state index contributed by atoms with van der Waals surface area (Å²) in [6.07, 6.45) is -3.24. The number of anilines is 1. The first-order chi connectivity index (χ1) is 8.79. The summed E-state index contributed by atoms with van der Waals surface area (Å²) in [5.74, 6) is -1.21. The van der Waals surface area contributed by atoms with E-state index in [2.05, 4.69) is 4.98 Å². The van der Waals surface area contributed by atoms with Gasteiger partial charge in [-0.3, -0.25) is 0 Å². The van der Waals surface area contributed by atoms with Crippen molar-refractivity contribution in [3.05, 3.63) is 47.4 Å². The molecular weight excluding hydrogens is 260 g/mol. The van der Waals surface area contributed by atoms with Crippen molar-refractivity contribution in [1.82, 2.24) is 4.98 Å². The van der Waals surface area contributed by atoms with Crippen LogP contribution in [0.3, 0.4) is 0 Å². The Labute approximate surface area is 106 Å². The molecule has 1 aromatic carbocycles. The first-order valence-corrected chi connectivity index (χ1v) is 5.38. The molecule has 0 radical (unpaired) electrons. The summed E-state index contributed by atoms with van der Waals surface area (Å²) >= 11 is 0. The fourth-order valence-corrected chi connectivity index (χ4v) is 1.72. The van der Waals surface area contributed by atoms with Crippen LogP contribution in [0.5, 0.6) is 0 Å². The normalized spacial score (nSPS) is 11.6. The quantitative estimate of drug-likeness (QED) is 0.800. The highest BCUT2D eigenvalue weighted by atomic mass is 19.4. The van der Waals surface area contributed by atoms with E-state index < -0.39 is 17.6 Å². The topological polar surface area (TPSA) is 38.9 Å². The summed E-state index contributed by atoms with van der Waals surface area (Å²) in [6.45, 7) is 1.74. The predicted octanol–water partition coefficient (Wildman–Crippen LogP) is 3.80. The van der Waals surface area contributed by atoms with Crippen LogP contribution in [-0.4, -0.2) is 4.98 Å². The van der Waals surface area contributed by atoms with Crippen LogP contribution in [0.4, 0.5) is 23.4 Å². The number of rotatable bonds is 1. The third-order valence-corrected chi connectivity index (χ3v) is 2.64. The van der Waals surface area contributed by atoms with Crippen molar-refractivity contribution in [1.29, 1.82) is 0 Å². The van der Waals surface area contributed by atoms with Gasteiger partial charge >= 0.3 is 6.18 Å². The lowest BCUT2D eigenvalue weighted by Crippen LogP contribution is -2.08. The lowest BCUT2D eigenvalue weighted by molar-refractivity contribution is -0.139. The Bertz CT molecular complexity index is 621. The van der Waals surface area contributed by atoms with Gasteiger partial charge in [-0.2, -0.15) is 13.2 Å². The second-order valence-corrected chi connectivity index (χ2v) is 4.14. The molecule has 0 aliphatic heterocycles. The van der Waals surface area contributed by atoms with Gasteiger partial charge in [-0.15, -0.1) is 0 Å². The molecule has 1 heterocycles. The number of nitrogens with zero attached hydrogens (tertiary/aromatic N) is 1. The first kappa shape index (κ1) is 13.3. The van der Waals surface area contributed by atoms with E-state index in [1.54, 1.807) is 13.0 Å². The number of halogens is 4. The largest absolute Gasteiger partial charge is 0.419 e. The van der Waals surface area contributed by atoms with Crippen molar-refractivity contribution in [2.24, 2.45) is 0 Å². The monoisotopic (exact) mass is 270 g/mol. The highest BCUT2D eigenvalue weighted by Gasteiger charge is 2.34. The van der Waals surface area contributed by atoms with Gasteiger partial charge in [0.1, 0.15) is 11.6 Å². The van der Waals surface area contributed by atoms with Crippen molar-refractivity contribution in [2.45, 2.75) is 13.1 Å². The molecule has 0 atom stereocenters. The molecule has 19 heavy (non-hydrogen) atoms. The number of pyridine rings is 1. The van der Waals surface area contributed by atoms with Crippen LogP contribution in [0.25, 0.3) is 11.1 Å². The van der Waals surface area contributed by atoms with Gasteiger partial charge in [-0.05, 0) is 36.2 Å². The molecule has 0 saturated heterocycles. The molecule has 2 nitrogen and oxygen atoms in total. The number of alkyl halides is 3. The van der Waals surface area contributed by atoms with Crippen molar-refractivity contribution in [2.75, 3.05) is 5.73 Å². The minimum atomic E-state index is -4.74. The summed E-state index contributed by atoms with van der Waals surface area (Å²) in [5.41, 5.74) is 5.61. The maximum absolute atomic E-state index is 13.2. The summed E-state index contributed by atoms with van der Waals surface area (Å²) in [7, 11) is 0. The SMILES string of the molecule is Cc1cnc(N)c(-c2ccc(F)c(C(F)(F)F)c2)c1. The Balaban J connectivity index is 2.61. The van der Waals surface area contributed by atoms with Gasteiger partial charge in [-0.25, -0.2) is 9.37 Å². The van der Waals surface area contributed by atoms with Crippen LogP contribution in [-0.2, 0) is 6.18 Å². The van der Waals surface area contributed by atoms with Crippen LogP contribution in [0.2, 0.25) is 0 Å². The van der Waals surface area contributed by atoms with E-state index in [1.807, 2.05) is 0 Å². The number of aromatic nitrogens is 1. The van der Waals surface area contributed by atoms with Crippen molar-refractivity contribution in [3.8, 4) is 11.1 Å². The molecule has 0 fully saturated rings. The van der Waals surface area contributed by atoms with Gasteiger partial charge in [0.2, 0.25) is 0 Å². The third kappa shape index (κ3) is 2.67. The lowest BCUT2D eigenvalue weighted by Gasteiger charge is -2.11. The van der Waals surface area contributed by atoms with Crippen LogP contribution in [0.1, 0.15) is 11.1 Å². The van der Waals surface area contributed by atoms with Gasteiger partial charge < -0.3 is 5.73 Å². The second kappa shape index (κ2) is 4.53. The Morgan fingerprint density at radius 3 is 2.47 bits per heavy atom. The van der Waals surface area contributed by atoms with Gasteiger partial charge in [0.25, 0.3) is 0 Å². The number of nitrogen functional groups attached to an aromatic ring is 1. The molecule has 0 aliphatic carbocycles. The van der Waals surface area contributed by atoms with E-state index in [1.165, 1.54) is 12.3 Å². The Kier molecular flexibility index (Phi) is 3.18. The van der Waals surface area contributed by atoms with Crippen LogP contribution in [0.15, 0.2) is 30.5 Å². The molecule has 0 bridgehead atoms. The average Bonchev–Trinajstić information content (AvgIpc) is 2.31. The molecular formula is C13H10F4N2. The molecule has 0 spiro atoms. The smallest absolute Gasteiger partial charge is 0.383 e. The molecule has 1 aromatic heterocycles. The zero-order valence-electron chi connectivity index (χ0n) is 9.92. The maximum atomic E-state index is 13.2. The lowest BCUT2D eigenvalue weighted by atomic mass is 10.0. The molecule has 0 saturated carbocycles. The zero-order chi connectivity index (χ0) is 14.2. The van der Waals surface area contributed by atoms with Gasteiger partial charge in [-0.1, -0.05) is 6.07 Å². The molecule has 0 aliphatic rings. The maximum Gasteiger partial charge on any atom is 0.419 e. The Morgan fingerprint density at radius 2 is 1.84 bits per heavy atom. The zero-order valence-corrected chi connectivity index (χ0v) is 9.92. The van der Waals surface area contributed by atoms with Gasteiger partial charge in [0, 0.05) is 11.8 Å². The third-order valence-electron chi connectivity index (χ3n) is 2.64. The Hall–Kier alpha value is -2.11. The molecule has 6 heteroatoms. The van der Waals surface area contributed by atoms with E-state index >= 15 is 0 Å². The van der Waals surface area contributed by atoms with E-state index in [-0.39, 0.29) is 11.4 Å². The molecule has 100 valence electrons. The fraction of sp³-hybridized carbons (Fsp3) is 0.154. The number of benzene rings is 1. The first-order valence-electron chi connectivity index (χ1n) is 5.38. The van der Waals surface area contributed by atoms with Crippen LogP contribution in [0, 0.1) is 12.7 Å². The Morgan fingerprint density at radius 1 is 1.16 bits per heavy atom. The minimum Gasteiger partial charge on any atom is -0.383 e. The fourth-order valence-electron chi connectivity index (χ4n) is 1.72. The summed E-state index contributed by atoms with van der Waals surface area (Å²) in [6, 6.07) is 4.37. The van der Waals surface area contributed by atoms with Crippen LogP contribution >= 0.6 is 0 Å². The standard InChI is InChI=1S/C13H10F4N2/c1-7-4-9(12(18)19-6-7)8-2-3-11(14)10(5-8)13(15,16)17/h2-6H,1H3,(H2,18,19). The minimum absolute atomic E-state index is 0.102. The van der Waals surface area contributed by atoms with E-state index in [9.17, 15) is 17.6 Å². The van der Waals surface area contributed by atoms with E-state index in [0.29, 0.717) is 5.56 Å². The average molecular weight is 270 g/mol. The summed E-state index contributed by atoms with van der Waals surface area (Å²) < 4.78 is 51.1. The highest BCUT2D eigenvalue weighted by Crippen LogP contribution is 2.35. The summed E-state index contributed by atoms with van der Waals surface area (Å²) in [5, 5.41) is 0. The number of aryl methyl sites for hydroxylation is 1. The van der Waals surface area contributed by atoms with Crippen LogP contribution < -0.4 is 5.73 Å². The molecule has 2 N–H and O–H groups in total. The number of hydrogen-bond donors (Lipinski definition) is 1. The number of nitrogens with two attached hydrogens (primary N) is 1. The summed E-state index contributed by atoms with van der Waals surface area (Å²) in [4.78, 5) is 3.87. The predicted molar refractivity (Wildman–Crippen MR) is 63.8 cm³/mol. The van der Waals surface area contributed by atoms with Crippen molar-refractivity contribution < 1.29 is 17.6 Å². The number of hydrogen-bond acceptors (Lipinski definition) is 2. The molecule has 0 unspecified atom stereocenters.